The van der Waals surface area contributed by atoms with E-state index >= 15 is 0 Å². The van der Waals surface area contributed by atoms with Gasteiger partial charge in [0.1, 0.15) is 11.4 Å². The molecule has 4 atom stereocenters. The summed E-state index contributed by atoms with van der Waals surface area (Å²) in [7, 11) is 0. The van der Waals surface area contributed by atoms with Crippen LogP contribution in [0.1, 0.15) is 51.7 Å². The number of ether oxygens (including phenoxy) is 2. The summed E-state index contributed by atoms with van der Waals surface area (Å²) >= 11 is 0. The minimum absolute atomic E-state index is 0.00700. The molecule has 2 fully saturated rings. The zero-order chi connectivity index (χ0) is 13.3. The number of hydrogen-bond acceptors (Lipinski definition) is 2. The maximum absolute atomic E-state index is 6.52. The highest BCUT2D eigenvalue weighted by atomic mass is 16.5. The second-order valence-electron chi connectivity index (χ2n) is 7.17. The Hall–Kier alpha value is -1.02. The molecular weight excluding hydrogens is 236 g/mol. The van der Waals surface area contributed by atoms with Crippen LogP contribution in [0.5, 0.6) is 5.75 Å². The first kappa shape index (κ1) is 11.8. The van der Waals surface area contributed by atoms with Gasteiger partial charge in [-0.05, 0) is 52.0 Å². The van der Waals surface area contributed by atoms with E-state index in [4.69, 9.17) is 9.47 Å². The summed E-state index contributed by atoms with van der Waals surface area (Å²) in [4.78, 5) is 0. The molecular formula is C17H22O2. The Balaban J connectivity index is 1.86. The van der Waals surface area contributed by atoms with Crippen LogP contribution in [0.25, 0.3) is 0 Å². The summed E-state index contributed by atoms with van der Waals surface area (Å²) in [5.41, 5.74) is 1.21. The van der Waals surface area contributed by atoms with Crippen molar-refractivity contribution in [1.82, 2.24) is 0 Å². The molecule has 1 aromatic rings. The molecule has 0 radical (unpaired) electrons. The molecule has 2 bridgehead atoms. The average Bonchev–Trinajstić information content (AvgIpc) is 2.36. The Kier molecular flexibility index (Phi) is 2.20. The van der Waals surface area contributed by atoms with E-state index in [1.165, 1.54) is 18.4 Å². The first-order chi connectivity index (χ1) is 9.00. The van der Waals surface area contributed by atoms with Crippen molar-refractivity contribution in [2.75, 3.05) is 0 Å². The van der Waals surface area contributed by atoms with Crippen molar-refractivity contribution in [3.8, 4) is 5.75 Å². The maximum Gasteiger partial charge on any atom is 0.125 e. The third-order valence-corrected chi connectivity index (χ3v) is 5.66. The van der Waals surface area contributed by atoms with E-state index in [1.54, 1.807) is 0 Å². The summed E-state index contributed by atoms with van der Waals surface area (Å²) < 4.78 is 12.9. The van der Waals surface area contributed by atoms with Gasteiger partial charge in [-0.2, -0.15) is 0 Å². The van der Waals surface area contributed by atoms with Gasteiger partial charge >= 0.3 is 0 Å². The minimum Gasteiger partial charge on any atom is -0.487 e. The summed E-state index contributed by atoms with van der Waals surface area (Å²) in [6.07, 6.45) is 3.82. The molecule has 0 aromatic heterocycles. The Morgan fingerprint density at radius 2 is 1.95 bits per heavy atom. The molecule has 102 valence electrons. The van der Waals surface area contributed by atoms with Gasteiger partial charge in [0.15, 0.2) is 0 Å². The molecule has 2 heterocycles. The third kappa shape index (κ3) is 1.53. The van der Waals surface area contributed by atoms with Crippen molar-refractivity contribution in [3.05, 3.63) is 29.8 Å². The Bertz CT molecular complexity index is 522. The van der Waals surface area contributed by atoms with E-state index in [-0.39, 0.29) is 17.3 Å². The molecule has 2 aliphatic heterocycles. The van der Waals surface area contributed by atoms with Gasteiger partial charge in [0.2, 0.25) is 0 Å². The van der Waals surface area contributed by atoms with Crippen LogP contribution in [0.15, 0.2) is 24.3 Å². The van der Waals surface area contributed by atoms with Crippen molar-refractivity contribution in [2.24, 2.45) is 11.8 Å². The fourth-order valence-electron chi connectivity index (χ4n) is 4.37. The Labute approximate surface area is 115 Å². The van der Waals surface area contributed by atoms with Crippen molar-refractivity contribution in [3.63, 3.8) is 0 Å². The molecule has 2 heteroatoms. The number of hydrogen-bond donors (Lipinski definition) is 0. The van der Waals surface area contributed by atoms with Crippen molar-refractivity contribution >= 4 is 0 Å². The monoisotopic (exact) mass is 258 g/mol. The topological polar surface area (TPSA) is 18.5 Å². The predicted molar refractivity (Wildman–Crippen MR) is 74.2 cm³/mol. The zero-order valence-corrected chi connectivity index (χ0v) is 12.0. The number of benzene rings is 1. The van der Waals surface area contributed by atoms with E-state index < -0.39 is 0 Å². The Morgan fingerprint density at radius 1 is 1.16 bits per heavy atom. The molecule has 0 unspecified atom stereocenters. The van der Waals surface area contributed by atoms with Gasteiger partial charge in [-0.15, -0.1) is 0 Å². The largest absolute Gasteiger partial charge is 0.487 e. The van der Waals surface area contributed by atoms with Crippen LogP contribution in [0.3, 0.4) is 0 Å². The van der Waals surface area contributed by atoms with Crippen LogP contribution < -0.4 is 4.74 Å². The summed E-state index contributed by atoms with van der Waals surface area (Å²) in [6.45, 7) is 6.79. The van der Waals surface area contributed by atoms with E-state index in [0.29, 0.717) is 11.8 Å². The van der Waals surface area contributed by atoms with Crippen LogP contribution >= 0.6 is 0 Å². The standard InChI is InChI=1S/C17H22O2/c1-16(2)11-8-9-17(3)13(10-11)15(19-16)12-6-4-5-7-14(12)18-17/h4-7,11,13,15H,8-10H2,1-3H3/t11-,13+,15+,17-/m1/s1. The molecule has 0 N–H and O–H groups in total. The molecule has 3 aliphatic rings. The summed E-state index contributed by atoms with van der Waals surface area (Å²) in [5, 5.41) is 0. The molecule has 2 nitrogen and oxygen atoms in total. The molecule has 4 rings (SSSR count). The summed E-state index contributed by atoms with van der Waals surface area (Å²) in [5.74, 6) is 2.22. The van der Waals surface area contributed by atoms with Crippen LogP contribution in [-0.2, 0) is 4.74 Å². The maximum atomic E-state index is 6.52. The molecule has 0 amide bonds. The first-order valence-electron chi connectivity index (χ1n) is 7.45. The second-order valence-corrected chi connectivity index (χ2v) is 7.17. The van der Waals surface area contributed by atoms with Gasteiger partial charge in [0.05, 0.1) is 11.7 Å². The smallest absolute Gasteiger partial charge is 0.125 e. The van der Waals surface area contributed by atoms with Gasteiger partial charge in [-0.25, -0.2) is 0 Å². The van der Waals surface area contributed by atoms with Crippen molar-refractivity contribution in [1.29, 1.82) is 0 Å². The Morgan fingerprint density at radius 3 is 2.79 bits per heavy atom. The van der Waals surface area contributed by atoms with Crippen LogP contribution in [0.4, 0.5) is 0 Å². The van der Waals surface area contributed by atoms with Crippen LogP contribution in [0, 0.1) is 11.8 Å². The lowest BCUT2D eigenvalue weighted by Gasteiger charge is -2.58. The average molecular weight is 258 g/mol. The quantitative estimate of drug-likeness (QED) is 0.697. The normalized spacial score (nSPS) is 42.2. The van der Waals surface area contributed by atoms with E-state index in [2.05, 4.69) is 45.0 Å². The molecule has 19 heavy (non-hydrogen) atoms. The summed E-state index contributed by atoms with van der Waals surface area (Å²) in [6, 6.07) is 8.41. The van der Waals surface area contributed by atoms with Crippen molar-refractivity contribution < 1.29 is 9.47 Å². The van der Waals surface area contributed by atoms with Gasteiger partial charge in [-0.3, -0.25) is 0 Å². The molecule has 1 saturated heterocycles. The SMILES string of the molecule is CC1(C)O[C@H]2c3ccccc3O[C@]3(C)CC[C@@H]1C[C@@H]23. The molecule has 1 saturated carbocycles. The van der Waals surface area contributed by atoms with Crippen molar-refractivity contribution in [2.45, 2.75) is 57.3 Å². The third-order valence-electron chi connectivity index (χ3n) is 5.66. The van der Waals surface area contributed by atoms with E-state index in [1.807, 2.05) is 0 Å². The fourth-order valence-corrected chi connectivity index (χ4v) is 4.37. The lowest BCUT2D eigenvalue weighted by atomic mass is 9.61. The highest BCUT2D eigenvalue weighted by Crippen LogP contribution is 2.59. The highest BCUT2D eigenvalue weighted by molar-refractivity contribution is 5.40. The number of fused-ring (bicyclic) bond motifs is 3. The van der Waals surface area contributed by atoms with Gasteiger partial charge in [0.25, 0.3) is 0 Å². The van der Waals surface area contributed by atoms with Gasteiger partial charge in [-0.1, -0.05) is 18.2 Å². The van der Waals surface area contributed by atoms with Crippen LogP contribution in [-0.4, -0.2) is 11.2 Å². The minimum atomic E-state index is -0.0357. The highest BCUT2D eigenvalue weighted by Gasteiger charge is 2.57. The van der Waals surface area contributed by atoms with Crippen LogP contribution in [0.2, 0.25) is 0 Å². The lowest BCUT2D eigenvalue weighted by molar-refractivity contribution is -0.237. The molecule has 1 aromatic carbocycles. The van der Waals surface area contributed by atoms with Gasteiger partial charge < -0.3 is 9.47 Å². The fraction of sp³-hybridized carbons (Fsp3) is 0.647. The number of rotatable bonds is 0. The van der Waals surface area contributed by atoms with E-state index in [0.717, 1.165) is 12.2 Å². The van der Waals surface area contributed by atoms with Gasteiger partial charge in [0, 0.05) is 11.5 Å². The van der Waals surface area contributed by atoms with E-state index in [9.17, 15) is 0 Å². The molecule has 0 spiro atoms. The lowest BCUT2D eigenvalue weighted by Crippen LogP contribution is -2.58. The molecule has 1 aliphatic carbocycles. The first-order valence-corrected chi connectivity index (χ1v) is 7.45. The predicted octanol–water partition coefficient (Wildman–Crippen LogP) is 4.10. The second kappa shape index (κ2) is 3.54. The number of para-hydroxylation sites is 1. The zero-order valence-electron chi connectivity index (χ0n) is 12.0.